The highest BCUT2D eigenvalue weighted by molar-refractivity contribution is 7.91. The fourth-order valence-electron chi connectivity index (χ4n) is 6.27. The van der Waals surface area contributed by atoms with Crippen LogP contribution in [0.3, 0.4) is 0 Å². The molecule has 0 amide bonds. The first kappa shape index (κ1) is 31.6. The molecule has 10 heteroatoms. The summed E-state index contributed by atoms with van der Waals surface area (Å²) in [5.74, 6) is -1.03. The van der Waals surface area contributed by atoms with Gasteiger partial charge in [0.1, 0.15) is 0 Å². The number of benzene rings is 1. The minimum absolute atomic E-state index is 0.0973. The van der Waals surface area contributed by atoms with Gasteiger partial charge < -0.3 is 33.9 Å². The Bertz CT molecular complexity index is 1080. The van der Waals surface area contributed by atoms with E-state index in [1.807, 2.05) is 13.8 Å². The molecule has 0 radical (unpaired) electrons. The van der Waals surface area contributed by atoms with E-state index in [4.69, 9.17) is 23.7 Å². The number of hydrogen-bond acceptors (Lipinski definition) is 9. The number of ether oxygens (including phenoxy) is 5. The van der Waals surface area contributed by atoms with Gasteiger partial charge in [0.15, 0.2) is 15.6 Å². The van der Waals surface area contributed by atoms with E-state index < -0.39 is 39.9 Å². The zero-order valence-corrected chi connectivity index (χ0v) is 24.9. The molecule has 3 fully saturated rings. The van der Waals surface area contributed by atoms with Gasteiger partial charge in [-0.3, -0.25) is 0 Å². The van der Waals surface area contributed by atoms with Crippen LogP contribution < -0.4 is 0 Å². The van der Waals surface area contributed by atoms with Crippen molar-refractivity contribution in [3.05, 3.63) is 42.5 Å². The number of sulfone groups is 1. The van der Waals surface area contributed by atoms with Crippen molar-refractivity contribution in [2.24, 2.45) is 11.8 Å². The predicted octanol–water partition coefficient (Wildman–Crippen LogP) is 3.27. The quantitative estimate of drug-likeness (QED) is 0.358. The highest BCUT2D eigenvalue weighted by atomic mass is 32.2. The molecule has 3 saturated heterocycles. The lowest BCUT2D eigenvalue weighted by atomic mass is 9.83. The minimum atomic E-state index is -3.62. The average Bonchev–Trinajstić information content (AvgIpc) is 3.42. The molecule has 4 rings (SSSR count). The maximum absolute atomic E-state index is 13.5. The smallest absolute Gasteiger partial charge is 0.178 e. The van der Waals surface area contributed by atoms with Gasteiger partial charge in [0.25, 0.3) is 0 Å². The van der Waals surface area contributed by atoms with E-state index >= 15 is 0 Å². The molecule has 5 unspecified atom stereocenters. The fraction of sp³-hybridized carbons (Fsp3) is 0.733. The zero-order valence-electron chi connectivity index (χ0n) is 24.1. The molecule has 1 aromatic rings. The summed E-state index contributed by atoms with van der Waals surface area (Å²) in [5.41, 5.74) is 0.957. The Labute approximate surface area is 238 Å². The van der Waals surface area contributed by atoms with E-state index in [9.17, 15) is 18.6 Å². The lowest BCUT2D eigenvalue weighted by molar-refractivity contribution is -0.144. The molecule has 0 aliphatic carbocycles. The highest BCUT2D eigenvalue weighted by Crippen LogP contribution is 2.41. The molecule has 226 valence electrons. The van der Waals surface area contributed by atoms with Crippen LogP contribution in [0.1, 0.15) is 52.9 Å². The lowest BCUT2D eigenvalue weighted by Crippen LogP contribution is -2.40. The first-order valence-electron chi connectivity index (χ1n) is 14.3. The molecule has 40 heavy (non-hydrogen) atoms. The van der Waals surface area contributed by atoms with Crippen LogP contribution in [0, 0.1) is 11.8 Å². The summed E-state index contributed by atoms with van der Waals surface area (Å²) in [7, 11) is -2.02. The van der Waals surface area contributed by atoms with Crippen LogP contribution in [-0.4, -0.2) is 93.2 Å². The monoisotopic (exact) mass is 582 g/mol. The van der Waals surface area contributed by atoms with Crippen molar-refractivity contribution in [2.75, 3.05) is 26.1 Å². The Balaban J connectivity index is 1.54. The molecule has 2 N–H and O–H groups in total. The van der Waals surface area contributed by atoms with Gasteiger partial charge in [0.2, 0.25) is 0 Å². The summed E-state index contributed by atoms with van der Waals surface area (Å²) in [6.45, 7) is 10.3. The summed E-state index contributed by atoms with van der Waals surface area (Å²) >= 11 is 0. The Morgan fingerprint density at radius 2 is 1.85 bits per heavy atom. The topological polar surface area (TPSA) is 121 Å². The number of aliphatic hydroxyl groups is 2. The molecular weight excluding hydrogens is 536 g/mol. The predicted molar refractivity (Wildman–Crippen MR) is 149 cm³/mol. The summed E-state index contributed by atoms with van der Waals surface area (Å²) in [6, 6.07) is 8.47. The highest BCUT2D eigenvalue weighted by Gasteiger charge is 2.50. The van der Waals surface area contributed by atoms with Crippen molar-refractivity contribution in [3.63, 3.8) is 0 Å². The van der Waals surface area contributed by atoms with E-state index in [1.54, 1.807) is 37.4 Å². The molecule has 0 bridgehead atoms. The second-order valence-electron chi connectivity index (χ2n) is 12.0. The van der Waals surface area contributed by atoms with Crippen LogP contribution in [0.2, 0.25) is 0 Å². The molecule has 3 heterocycles. The first-order valence-corrected chi connectivity index (χ1v) is 16.0. The van der Waals surface area contributed by atoms with Gasteiger partial charge in [-0.05, 0) is 56.7 Å². The fourth-order valence-corrected chi connectivity index (χ4v) is 7.94. The normalized spacial score (nSPS) is 35.2. The zero-order chi connectivity index (χ0) is 29.1. The van der Waals surface area contributed by atoms with Gasteiger partial charge in [-0.15, -0.1) is 0 Å². The van der Waals surface area contributed by atoms with Gasteiger partial charge >= 0.3 is 0 Å². The van der Waals surface area contributed by atoms with Crippen molar-refractivity contribution in [2.45, 2.75) is 106 Å². The van der Waals surface area contributed by atoms with Crippen molar-refractivity contribution < 1.29 is 42.3 Å². The summed E-state index contributed by atoms with van der Waals surface area (Å²) < 4.78 is 57.8. The average molecular weight is 583 g/mol. The minimum Gasteiger partial charge on any atom is -0.394 e. The Kier molecular flexibility index (Phi) is 10.5. The van der Waals surface area contributed by atoms with Gasteiger partial charge in [-0.2, -0.15) is 0 Å². The Morgan fingerprint density at radius 1 is 1.12 bits per heavy atom. The standard InChI is InChI=1S/C30H46O9S/c1-19-13-22(12-11-21(32)16-31)37-26(20(19)2)15-27-25(18-40(33,34)24-9-7-6-8-10-24)29(35-5)28(38-27)14-23-17-36-30(3,4)39-23/h6-10,19,21-23,25-29,31-32H,2,11-18H2,1,3-5H3/t19-,21?,22?,23?,25?,26?,27+,28-,29-/m1/s1. The Hall–Kier alpha value is -1.37. The van der Waals surface area contributed by atoms with E-state index in [2.05, 4.69) is 13.5 Å². The van der Waals surface area contributed by atoms with Gasteiger partial charge in [-0.25, -0.2) is 8.42 Å². The maximum Gasteiger partial charge on any atom is 0.178 e. The second kappa shape index (κ2) is 13.3. The molecular formula is C30H46O9S. The molecule has 3 aliphatic heterocycles. The molecule has 1 aromatic carbocycles. The van der Waals surface area contributed by atoms with E-state index in [0.29, 0.717) is 32.3 Å². The van der Waals surface area contributed by atoms with Gasteiger partial charge in [-0.1, -0.05) is 31.7 Å². The largest absolute Gasteiger partial charge is 0.394 e. The maximum atomic E-state index is 13.5. The number of methoxy groups -OCH3 is 1. The van der Waals surface area contributed by atoms with E-state index in [1.165, 1.54) is 0 Å². The lowest BCUT2D eigenvalue weighted by Gasteiger charge is -2.38. The molecule has 0 spiro atoms. The van der Waals surface area contributed by atoms with Crippen LogP contribution in [-0.2, 0) is 33.5 Å². The van der Waals surface area contributed by atoms with Crippen LogP contribution in [0.25, 0.3) is 0 Å². The van der Waals surface area contributed by atoms with Gasteiger partial charge in [0.05, 0.1) is 66.6 Å². The van der Waals surface area contributed by atoms with Crippen molar-refractivity contribution >= 4 is 9.84 Å². The van der Waals surface area contributed by atoms with E-state index in [0.717, 1.165) is 12.0 Å². The number of aliphatic hydroxyl groups excluding tert-OH is 2. The third-order valence-corrected chi connectivity index (χ3v) is 10.3. The van der Waals surface area contributed by atoms with Crippen molar-refractivity contribution in [3.8, 4) is 0 Å². The third kappa shape index (κ3) is 7.72. The number of rotatable bonds is 12. The van der Waals surface area contributed by atoms with Crippen LogP contribution >= 0.6 is 0 Å². The molecule has 0 aromatic heterocycles. The van der Waals surface area contributed by atoms with Crippen LogP contribution in [0.4, 0.5) is 0 Å². The van der Waals surface area contributed by atoms with E-state index in [-0.39, 0.29) is 47.6 Å². The van der Waals surface area contributed by atoms with Crippen LogP contribution in [0.15, 0.2) is 47.4 Å². The third-order valence-electron chi connectivity index (χ3n) is 8.46. The molecule has 9 atom stereocenters. The SMILES string of the molecule is C=C1C(C[C@@H]2O[C@H](CC3COC(C)(C)O3)[C@H](OC)C2CS(=O)(=O)c2ccccc2)OC(CCC(O)CO)C[C@H]1C. The summed E-state index contributed by atoms with van der Waals surface area (Å²) in [5, 5.41) is 19.0. The van der Waals surface area contributed by atoms with Crippen LogP contribution in [0.5, 0.6) is 0 Å². The molecule has 0 saturated carbocycles. The van der Waals surface area contributed by atoms with Gasteiger partial charge in [0, 0.05) is 25.9 Å². The van der Waals surface area contributed by atoms with Crippen molar-refractivity contribution in [1.29, 1.82) is 0 Å². The second-order valence-corrected chi connectivity index (χ2v) is 14.0. The summed E-state index contributed by atoms with van der Waals surface area (Å²) in [6.07, 6.45) is 0.138. The number of hydrogen-bond donors (Lipinski definition) is 2. The molecule has 3 aliphatic rings. The summed E-state index contributed by atoms with van der Waals surface area (Å²) in [4.78, 5) is 0.274. The van der Waals surface area contributed by atoms with Crippen molar-refractivity contribution in [1.82, 2.24) is 0 Å². The molecule has 9 nitrogen and oxygen atoms in total. The first-order chi connectivity index (χ1) is 18.9. The Morgan fingerprint density at radius 3 is 2.48 bits per heavy atom.